The molecule has 2 fully saturated rings. The van der Waals surface area contributed by atoms with E-state index in [2.05, 4.69) is 34.5 Å². The number of amides is 1. The Morgan fingerprint density at radius 3 is 2.38 bits per heavy atom. The van der Waals surface area contributed by atoms with Crippen LogP contribution >= 0.6 is 24.8 Å². The van der Waals surface area contributed by atoms with Crippen LogP contribution in [0, 0.1) is 5.92 Å². The Kier molecular flexibility index (Phi) is 10.5. The Bertz CT molecular complexity index is 521. The van der Waals surface area contributed by atoms with Gasteiger partial charge in [0.2, 0.25) is 5.91 Å². The van der Waals surface area contributed by atoms with E-state index in [-0.39, 0.29) is 42.7 Å². The molecule has 1 amide bonds. The maximum Gasteiger partial charge on any atom is 0.237 e. The van der Waals surface area contributed by atoms with Gasteiger partial charge in [-0.25, -0.2) is 0 Å². The molecule has 2 aliphatic heterocycles. The maximum atomic E-state index is 12.5. The van der Waals surface area contributed by atoms with Gasteiger partial charge in [0.1, 0.15) is 0 Å². The standard InChI is InChI=1S/C19H29N3O2.2ClH/c20-18(16-8-12-24-13-9-16)19(23)21-14-17(22-10-4-5-11-22)15-6-2-1-3-7-15;;/h1-3,6-7,16-18H,4-5,8-14,20H2,(H,21,23);2*1H. The number of ether oxygens (including phenoxy) is 1. The van der Waals surface area contributed by atoms with E-state index >= 15 is 0 Å². The molecule has 0 aliphatic carbocycles. The summed E-state index contributed by atoms with van der Waals surface area (Å²) in [5, 5.41) is 3.11. The fraction of sp³-hybridized carbons (Fsp3) is 0.632. The number of benzene rings is 1. The SMILES string of the molecule is Cl.Cl.NC(C(=O)NCC(c1ccccc1)N1CCCC1)C1CCOCC1. The summed E-state index contributed by atoms with van der Waals surface area (Å²) >= 11 is 0. The van der Waals surface area contributed by atoms with Gasteiger partial charge < -0.3 is 15.8 Å². The van der Waals surface area contributed by atoms with Gasteiger partial charge in [0.15, 0.2) is 0 Å². The number of halogens is 2. The summed E-state index contributed by atoms with van der Waals surface area (Å²) in [6, 6.07) is 10.3. The second-order valence-corrected chi connectivity index (χ2v) is 6.89. The Hall–Kier alpha value is -0.850. The van der Waals surface area contributed by atoms with Gasteiger partial charge >= 0.3 is 0 Å². The van der Waals surface area contributed by atoms with Crippen molar-refractivity contribution in [3.05, 3.63) is 35.9 Å². The zero-order valence-electron chi connectivity index (χ0n) is 15.1. The van der Waals surface area contributed by atoms with Crippen molar-refractivity contribution in [2.24, 2.45) is 11.7 Å². The molecular weight excluding hydrogens is 373 g/mol. The molecule has 0 spiro atoms. The topological polar surface area (TPSA) is 67.6 Å². The van der Waals surface area contributed by atoms with Crippen molar-refractivity contribution in [3.8, 4) is 0 Å². The largest absolute Gasteiger partial charge is 0.381 e. The minimum Gasteiger partial charge on any atom is -0.381 e. The van der Waals surface area contributed by atoms with E-state index in [9.17, 15) is 4.79 Å². The summed E-state index contributed by atoms with van der Waals surface area (Å²) in [4.78, 5) is 15.0. The van der Waals surface area contributed by atoms with Crippen molar-refractivity contribution in [1.29, 1.82) is 0 Å². The molecule has 0 saturated carbocycles. The molecule has 148 valence electrons. The Morgan fingerprint density at radius 1 is 1.15 bits per heavy atom. The molecule has 2 unspecified atom stereocenters. The molecule has 26 heavy (non-hydrogen) atoms. The summed E-state index contributed by atoms with van der Waals surface area (Å²) in [6.45, 7) is 4.25. The highest BCUT2D eigenvalue weighted by Gasteiger charge is 2.28. The molecule has 0 radical (unpaired) electrons. The van der Waals surface area contributed by atoms with Gasteiger partial charge in [-0.2, -0.15) is 0 Å². The van der Waals surface area contributed by atoms with Crippen LogP contribution in [0.4, 0.5) is 0 Å². The molecule has 0 bridgehead atoms. The van der Waals surface area contributed by atoms with E-state index in [1.165, 1.54) is 18.4 Å². The normalized spacial score (nSPS) is 20.5. The number of carbonyl (C=O) groups is 1. The van der Waals surface area contributed by atoms with Crippen LogP contribution < -0.4 is 11.1 Å². The quantitative estimate of drug-likeness (QED) is 0.765. The third-order valence-electron chi connectivity index (χ3n) is 5.31. The first kappa shape index (κ1) is 23.2. The van der Waals surface area contributed by atoms with E-state index < -0.39 is 6.04 Å². The van der Waals surface area contributed by atoms with Crippen molar-refractivity contribution >= 4 is 30.7 Å². The highest BCUT2D eigenvalue weighted by molar-refractivity contribution is 5.85. The van der Waals surface area contributed by atoms with E-state index in [1.807, 2.05) is 6.07 Å². The van der Waals surface area contributed by atoms with Crippen LogP contribution in [-0.2, 0) is 9.53 Å². The number of nitrogens with two attached hydrogens (primary N) is 1. The lowest BCUT2D eigenvalue weighted by Gasteiger charge is -2.30. The fourth-order valence-electron chi connectivity index (χ4n) is 3.79. The number of hydrogen-bond acceptors (Lipinski definition) is 4. The molecule has 1 aromatic carbocycles. The zero-order chi connectivity index (χ0) is 16.8. The van der Waals surface area contributed by atoms with Gasteiger partial charge in [0, 0.05) is 19.8 Å². The van der Waals surface area contributed by atoms with Gasteiger partial charge in [0.25, 0.3) is 0 Å². The van der Waals surface area contributed by atoms with Gasteiger partial charge in [-0.05, 0) is 50.3 Å². The monoisotopic (exact) mass is 403 g/mol. The average molecular weight is 404 g/mol. The summed E-state index contributed by atoms with van der Waals surface area (Å²) in [6.07, 6.45) is 4.23. The second kappa shape index (κ2) is 11.8. The van der Waals surface area contributed by atoms with Crippen molar-refractivity contribution in [1.82, 2.24) is 10.2 Å². The van der Waals surface area contributed by atoms with Crippen molar-refractivity contribution < 1.29 is 9.53 Å². The lowest BCUT2D eigenvalue weighted by Crippen LogP contribution is -2.49. The van der Waals surface area contributed by atoms with Crippen LogP contribution in [0.2, 0.25) is 0 Å². The summed E-state index contributed by atoms with van der Waals surface area (Å²) in [7, 11) is 0. The third kappa shape index (κ3) is 6.10. The van der Waals surface area contributed by atoms with E-state index in [1.54, 1.807) is 0 Å². The number of rotatable bonds is 6. The highest BCUT2D eigenvalue weighted by Crippen LogP contribution is 2.24. The smallest absolute Gasteiger partial charge is 0.237 e. The van der Waals surface area contributed by atoms with Crippen LogP contribution in [0.5, 0.6) is 0 Å². The third-order valence-corrected chi connectivity index (χ3v) is 5.31. The summed E-state index contributed by atoms with van der Waals surface area (Å²) in [5.41, 5.74) is 7.45. The predicted molar refractivity (Wildman–Crippen MR) is 109 cm³/mol. The maximum absolute atomic E-state index is 12.5. The van der Waals surface area contributed by atoms with Crippen molar-refractivity contribution in [2.45, 2.75) is 37.8 Å². The number of carbonyl (C=O) groups excluding carboxylic acids is 1. The molecule has 2 aliphatic rings. The minimum absolute atomic E-state index is 0. The Balaban J connectivity index is 0.00000169. The predicted octanol–water partition coefficient (Wildman–Crippen LogP) is 2.54. The summed E-state index contributed by atoms with van der Waals surface area (Å²) < 4.78 is 5.36. The molecule has 2 heterocycles. The number of nitrogens with zero attached hydrogens (tertiary/aromatic N) is 1. The molecule has 5 nitrogen and oxygen atoms in total. The Labute approximate surface area is 168 Å². The van der Waals surface area contributed by atoms with Gasteiger partial charge in [0.05, 0.1) is 12.1 Å². The molecule has 0 aromatic heterocycles. The van der Waals surface area contributed by atoms with Gasteiger partial charge in [-0.3, -0.25) is 9.69 Å². The summed E-state index contributed by atoms with van der Waals surface area (Å²) in [5.74, 6) is 0.211. The molecule has 2 saturated heterocycles. The lowest BCUT2D eigenvalue weighted by molar-refractivity contribution is -0.124. The second-order valence-electron chi connectivity index (χ2n) is 6.89. The highest BCUT2D eigenvalue weighted by atomic mass is 35.5. The van der Waals surface area contributed by atoms with Crippen LogP contribution in [0.15, 0.2) is 30.3 Å². The number of likely N-dealkylation sites (tertiary alicyclic amines) is 1. The van der Waals surface area contributed by atoms with E-state index in [4.69, 9.17) is 10.5 Å². The van der Waals surface area contributed by atoms with Crippen LogP contribution in [0.3, 0.4) is 0 Å². The van der Waals surface area contributed by atoms with Crippen molar-refractivity contribution in [3.63, 3.8) is 0 Å². The molecule has 2 atom stereocenters. The van der Waals surface area contributed by atoms with Crippen LogP contribution in [0.25, 0.3) is 0 Å². The average Bonchev–Trinajstić information content (AvgIpc) is 3.17. The van der Waals surface area contributed by atoms with E-state index in [0.29, 0.717) is 19.8 Å². The van der Waals surface area contributed by atoms with Gasteiger partial charge in [-0.1, -0.05) is 30.3 Å². The first-order chi connectivity index (χ1) is 11.8. The Morgan fingerprint density at radius 2 is 1.77 bits per heavy atom. The molecule has 3 N–H and O–H groups in total. The lowest BCUT2D eigenvalue weighted by atomic mass is 9.92. The van der Waals surface area contributed by atoms with Crippen molar-refractivity contribution in [2.75, 3.05) is 32.8 Å². The molecule has 3 rings (SSSR count). The van der Waals surface area contributed by atoms with Gasteiger partial charge in [-0.15, -0.1) is 24.8 Å². The van der Waals surface area contributed by atoms with Crippen LogP contribution in [-0.4, -0.2) is 49.7 Å². The zero-order valence-corrected chi connectivity index (χ0v) is 16.8. The molecular formula is C19H31Cl2N3O2. The number of hydrogen-bond donors (Lipinski definition) is 2. The first-order valence-corrected chi connectivity index (χ1v) is 9.16. The molecule has 1 aromatic rings. The number of nitrogens with one attached hydrogen (secondary N) is 1. The van der Waals surface area contributed by atoms with E-state index in [0.717, 1.165) is 25.9 Å². The first-order valence-electron chi connectivity index (χ1n) is 9.16. The fourth-order valence-corrected chi connectivity index (χ4v) is 3.79. The van der Waals surface area contributed by atoms with Crippen LogP contribution in [0.1, 0.15) is 37.3 Å². The molecule has 7 heteroatoms. The minimum atomic E-state index is -0.427.